The highest BCUT2D eigenvalue weighted by Crippen LogP contribution is 2.37. The topological polar surface area (TPSA) is 75.9 Å². The number of nitrogens with zero attached hydrogens (tertiary/aromatic N) is 2. The van der Waals surface area contributed by atoms with Gasteiger partial charge in [-0.15, -0.1) is 0 Å². The van der Waals surface area contributed by atoms with Crippen LogP contribution < -0.4 is 16.4 Å². The van der Waals surface area contributed by atoms with Gasteiger partial charge in [0.25, 0.3) is 0 Å². The molecule has 0 spiro atoms. The van der Waals surface area contributed by atoms with Crippen LogP contribution in [-0.2, 0) is 6.18 Å². The van der Waals surface area contributed by atoms with E-state index in [0.29, 0.717) is 15.7 Å². The normalized spacial score (nSPS) is 11.3. The van der Waals surface area contributed by atoms with Crippen LogP contribution >= 0.6 is 23.2 Å². The van der Waals surface area contributed by atoms with Gasteiger partial charge >= 0.3 is 6.18 Å². The van der Waals surface area contributed by atoms with Crippen molar-refractivity contribution in [2.75, 3.05) is 16.4 Å². The molecule has 1 heterocycles. The Bertz CT molecular complexity index is 979. The second kappa shape index (κ2) is 7.50. The molecule has 0 radical (unpaired) electrons. The largest absolute Gasteiger partial charge is 0.418 e. The Morgan fingerprint density at radius 1 is 0.889 bits per heavy atom. The van der Waals surface area contributed by atoms with Crippen LogP contribution in [0.5, 0.6) is 0 Å². The van der Waals surface area contributed by atoms with E-state index in [4.69, 9.17) is 28.9 Å². The number of nitrogen functional groups attached to an aromatic ring is 1. The van der Waals surface area contributed by atoms with Crippen LogP contribution in [0, 0.1) is 0 Å². The van der Waals surface area contributed by atoms with E-state index < -0.39 is 11.7 Å². The predicted octanol–water partition coefficient (Wildman–Crippen LogP) is 5.87. The Hall–Kier alpha value is -2.71. The van der Waals surface area contributed by atoms with Gasteiger partial charge in [-0.3, -0.25) is 0 Å². The number of nitrogens with two attached hydrogens (primary N) is 1. The van der Waals surface area contributed by atoms with Crippen LogP contribution in [-0.4, -0.2) is 9.97 Å². The molecule has 140 valence electrons. The van der Waals surface area contributed by atoms with Gasteiger partial charge in [-0.1, -0.05) is 35.3 Å². The molecular formula is C17H12Cl2F3N5. The van der Waals surface area contributed by atoms with E-state index in [2.05, 4.69) is 20.6 Å². The van der Waals surface area contributed by atoms with E-state index in [1.54, 1.807) is 18.2 Å². The second-order valence-corrected chi connectivity index (χ2v) is 6.25. The van der Waals surface area contributed by atoms with Crippen molar-refractivity contribution in [2.24, 2.45) is 0 Å². The summed E-state index contributed by atoms with van der Waals surface area (Å²) in [4.78, 5) is 7.93. The molecule has 0 fully saturated rings. The molecule has 0 aliphatic carbocycles. The Balaban J connectivity index is 1.94. The Morgan fingerprint density at radius 2 is 1.52 bits per heavy atom. The summed E-state index contributed by atoms with van der Waals surface area (Å²) in [6.45, 7) is 0. The van der Waals surface area contributed by atoms with Gasteiger partial charge in [-0.2, -0.15) is 13.2 Å². The van der Waals surface area contributed by atoms with Gasteiger partial charge in [0.2, 0.25) is 0 Å². The molecule has 0 aliphatic heterocycles. The summed E-state index contributed by atoms with van der Waals surface area (Å²) < 4.78 is 39.5. The lowest BCUT2D eigenvalue weighted by molar-refractivity contribution is -0.136. The summed E-state index contributed by atoms with van der Waals surface area (Å²) in [6.07, 6.45) is -3.36. The summed E-state index contributed by atoms with van der Waals surface area (Å²) in [7, 11) is 0. The van der Waals surface area contributed by atoms with Gasteiger partial charge < -0.3 is 16.4 Å². The van der Waals surface area contributed by atoms with Crippen LogP contribution in [0.2, 0.25) is 10.0 Å². The molecule has 0 unspecified atom stereocenters. The molecule has 2 aromatic carbocycles. The quantitative estimate of drug-likeness (QED) is 0.498. The number of hydrogen-bond acceptors (Lipinski definition) is 5. The lowest BCUT2D eigenvalue weighted by Gasteiger charge is -2.16. The van der Waals surface area contributed by atoms with Gasteiger partial charge in [0.15, 0.2) is 11.6 Å². The molecule has 3 rings (SSSR count). The highest BCUT2D eigenvalue weighted by molar-refractivity contribution is 6.35. The first-order chi connectivity index (χ1) is 12.8. The minimum Gasteiger partial charge on any atom is -0.393 e. The number of alkyl halides is 3. The highest BCUT2D eigenvalue weighted by atomic mass is 35.5. The first-order valence-corrected chi connectivity index (χ1v) is 8.27. The molecule has 5 nitrogen and oxygen atoms in total. The smallest absolute Gasteiger partial charge is 0.393 e. The monoisotopic (exact) mass is 413 g/mol. The summed E-state index contributed by atoms with van der Waals surface area (Å²) in [6, 6.07) is 9.78. The average Bonchev–Trinajstić information content (AvgIpc) is 2.61. The Morgan fingerprint density at radius 3 is 2.19 bits per heavy atom. The fraction of sp³-hybridized carbons (Fsp3) is 0.0588. The maximum Gasteiger partial charge on any atom is 0.418 e. The molecule has 0 aliphatic rings. The molecule has 0 saturated carbocycles. The van der Waals surface area contributed by atoms with Gasteiger partial charge in [0, 0.05) is 5.02 Å². The number of anilines is 5. The number of benzene rings is 2. The minimum atomic E-state index is -4.53. The molecule has 0 amide bonds. The summed E-state index contributed by atoms with van der Waals surface area (Å²) in [5.74, 6) is 0.184. The standard InChI is InChI=1S/C17H12Cl2F3N5/c18-9-5-6-11(19)13(7-9)27-16-14(23)15(24-8-25-16)26-12-4-2-1-3-10(12)17(20,21)22/h1-8H,23H2,(H2,24,25,26,27). The van der Waals surface area contributed by atoms with Crippen molar-refractivity contribution in [1.29, 1.82) is 0 Å². The molecule has 27 heavy (non-hydrogen) atoms. The number of halogens is 5. The fourth-order valence-corrected chi connectivity index (χ4v) is 2.62. The van der Waals surface area contributed by atoms with E-state index in [-0.39, 0.29) is 23.0 Å². The predicted molar refractivity (Wildman–Crippen MR) is 101 cm³/mol. The molecular weight excluding hydrogens is 402 g/mol. The second-order valence-electron chi connectivity index (χ2n) is 5.40. The molecule has 0 saturated heterocycles. The summed E-state index contributed by atoms with van der Waals surface area (Å²) >= 11 is 12.0. The Labute approximate surface area is 162 Å². The molecule has 3 aromatic rings. The van der Waals surface area contributed by atoms with Crippen molar-refractivity contribution in [3.8, 4) is 0 Å². The van der Waals surface area contributed by atoms with Crippen LogP contribution in [0.4, 0.5) is 41.9 Å². The van der Waals surface area contributed by atoms with E-state index in [0.717, 1.165) is 12.4 Å². The summed E-state index contributed by atoms with van der Waals surface area (Å²) in [5, 5.41) is 6.31. The lowest BCUT2D eigenvalue weighted by atomic mass is 10.1. The maximum absolute atomic E-state index is 13.2. The molecule has 0 atom stereocenters. The van der Waals surface area contributed by atoms with Crippen molar-refractivity contribution >= 4 is 51.9 Å². The zero-order chi connectivity index (χ0) is 19.6. The van der Waals surface area contributed by atoms with E-state index in [1.807, 2.05) is 0 Å². The first kappa shape index (κ1) is 19.1. The van der Waals surface area contributed by atoms with Crippen molar-refractivity contribution in [3.63, 3.8) is 0 Å². The van der Waals surface area contributed by atoms with Crippen molar-refractivity contribution < 1.29 is 13.2 Å². The number of nitrogens with one attached hydrogen (secondary N) is 2. The number of para-hydroxylation sites is 1. The van der Waals surface area contributed by atoms with E-state index in [9.17, 15) is 13.2 Å². The maximum atomic E-state index is 13.2. The fourth-order valence-electron chi connectivity index (χ4n) is 2.28. The van der Waals surface area contributed by atoms with Crippen LogP contribution in [0.25, 0.3) is 0 Å². The third-order valence-electron chi connectivity index (χ3n) is 3.55. The lowest BCUT2D eigenvalue weighted by Crippen LogP contribution is -2.10. The van der Waals surface area contributed by atoms with E-state index in [1.165, 1.54) is 18.2 Å². The van der Waals surface area contributed by atoms with Gasteiger partial charge in [0.05, 0.1) is 22.0 Å². The summed E-state index contributed by atoms with van der Waals surface area (Å²) in [5.41, 5.74) is 5.46. The number of aromatic nitrogens is 2. The molecule has 10 heteroatoms. The first-order valence-electron chi connectivity index (χ1n) is 7.51. The molecule has 1 aromatic heterocycles. The third-order valence-corrected chi connectivity index (χ3v) is 4.12. The van der Waals surface area contributed by atoms with Crippen LogP contribution in [0.3, 0.4) is 0 Å². The Kier molecular flexibility index (Phi) is 5.29. The number of rotatable bonds is 4. The minimum absolute atomic E-state index is 0.0161. The van der Waals surface area contributed by atoms with Crippen molar-refractivity contribution in [3.05, 3.63) is 64.4 Å². The zero-order valence-corrected chi connectivity index (χ0v) is 15.0. The average molecular weight is 414 g/mol. The zero-order valence-electron chi connectivity index (χ0n) is 13.5. The SMILES string of the molecule is Nc1c(Nc2cc(Cl)ccc2Cl)ncnc1Nc1ccccc1C(F)(F)F. The van der Waals surface area contributed by atoms with Gasteiger partial charge in [0.1, 0.15) is 12.0 Å². The van der Waals surface area contributed by atoms with Gasteiger partial charge in [-0.05, 0) is 30.3 Å². The third kappa shape index (κ3) is 4.35. The molecule has 4 N–H and O–H groups in total. The highest BCUT2D eigenvalue weighted by Gasteiger charge is 2.33. The number of hydrogen-bond donors (Lipinski definition) is 3. The van der Waals surface area contributed by atoms with Crippen LogP contribution in [0.1, 0.15) is 5.56 Å². The van der Waals surface area contributed by atoms with E-state index >= 15 is 0 Å². The molecule has 0 bridgehead atoms. The van der Waals surface area contributed by atoms with Crippen LogP contribution in [0.15, 0.2) is 48.8 Å². The van der Waals surface area contributed by atoms with Gasteiger partial charge in [-0.25, -0.2) is 9.97 Å². The van der Waals surface area contributed by atoms with Crippen molar-refractivity contribution in [1.82, 2.24) is 9.97 Å². The van der Waals surface area contributed by atoms with Crippen molar-refractivity contribution in [2.45, 2.75) is 6.18 Å².